The molecule has 4 nitrogen and oxygen atoms in total. The molecule has 0 spiro atoms. The van der Waals surface area contributed by atoms with Crippen LogP contribution in [0.3, 0.4) is 0 Å². The third-order valence-electron chi connectivity index (χ3n) is 3.22. The molecule has 1 amide bonds. The van der Waals surface area contributed by atoms with Gasteiger partial charge >= 0.3 is 0 Å². The molecule has 1 saturated heterocycles. The molecule has 0 radical (unpaired) electrons. The molecule has 0 saturated carbocycles. The molecule has 0 unspecified atom stereocenters. The predicted molar refractivity (Wildman–Crippen MR) is 59.2 cm³/mol. The summed E-state index contributed by atoms with van der Waals surface area (Å²) >= 11 is 0. The number of aryl methyl sites for hydroxylation is 1. The Balaban J connectivity index is 2.05. The fourth-order valence-electron chi connectivity index (χ4n) is 1.97. The smallest absolute Gasteiger partial charge is 0.257 e. The van der Waals surface area contributed by atoms with Crippen LogP contribution in [0.15, 0.2) is 16.7 Å². The molecule has 0 atom stereocenters. The maximum atomic E-state index is 12.1. The van der Waals surface area contributed by atoms with Crippen molar-refractivity contribution < 1.29 is 14.3 Å². The molecule has 1 aliphatic heterocycles. The van der Waals surface area contributed by atoms with Crippen LogP contribution >= 0.6 is 0 Å². The number of carbonyl (C=O) groups excluding carboxylic acids is 1. The second kappa shape index (κ2) is 3.94. The lowest BCUT2D eigenvalue weighted by molar-refractivity contribution is -0.00205. The van der Waals surface area contributed by atoms with Gasteiger partial charge in [0.1, 0.15) is 5.76 Å². The molecule has 2 rings (SSSR count). The fourth-order valence-corrected chi connectivity index (χ4v) is 1.97. The van der Waals surface area contributed by atoms with Crippen molar-refractivity contribution >= 4 is 5.91 Å². The summed E-state index contributed by atoms with van der Waals surface area (Å²) in [6.07, 6.45) is 2.80. The summed E-state index contributed by atoms with van der Waals surface area (Å²) in [6.45, 7) is 4.82. The van der Waals surface area contributed by atoms with Gasteiger partial charge in [-0.25, -0.2) is 0 Å². The molecule has 0 bridgehead atoms. The van der Waals surface area contributed by atoms with Gasteiger partial charge in [0.2, 0.25) is 0 Å². The van der Waals surface area contributed by atoms with Crippen molar-refractivity contribution in [2.24, 2.45) is 0 Å². The second-order valence-corrected chi connectivity index (χ2v) is 4.68. The Morgan fingerprint density at radius 2 is 2.12 bits per heavy atom. The molecule has 4 heteroatoms. The summed E-state index contributed by atoms with van der Waals surface area (Å²) in [7, 11) is 0. The first-order chi connectivity index (χ1) is 7.49. The van der Waals surface area contributed by atoms with E-state index in [1.807, 2.05) is 6.92 Å². The first kappa shape index (κ1) is 11.2. The average Bonchev–Trinajstić information content (AvgIpc) is 2.63. The monoisotopic (exact) mass is 223 g/mol. The van der Waals surface area contributed by atoms with E-state index in [1.165, 1.54) is 6.26 Å². The molecule has 1 aromatic heterocycles. The molecule has 1 aliphatic rings. The van der Waals surface area contributed by atoms with E-state index >= 15 is 0 Å². The van der Waals surface area contributed by atoms with Crippen LogP contribution in [0.2, 0.25) is 0 Å². The Labute approximate surface area is 94.9 Å². The van der Waals surface area contributed by atoms with E-state index in [4.69, 9.17) is 4.42 Å². The predicted octanol–water partition coefficient (Wildman–Crippen LogP) is 1.58. The van der Waals surface area contributed by atoms with Gasteiger partial charge in [-0.3, -0.25) is 4.79 Å². The molecule has 16 heavy (non-hydrogen) atoms. The minimum absolute atomic E-state index is 0.00162. The van der Waals surface area contributed by atoms with E-state index in [1.54, 1.807) is 17.9 Å². The van der Waals surface area contributed by atoms with E-state index in [0.717, 1.165) is 0 Å². The minimum Gasteiger partial charge on any atom is -0.469 e. The van der Waals surface area contributed by atoms with Gasteiger partial charge in [0, 0.05) is 13.1 Å². The van der Waals surface area contributed by atoms with Gasteiger partial charge in [-0.05, 0) is 32.8 Å². The van der Waals surface area contributed by atoms with Crippen LogP contribution < -0.4 is 0 Å². The summed E-state index contributed by atoms with van der Waals surface area (Å²) in [5.74, 6) is 0.657. The zero-order valence-corrected chi connectivity index (χ0v) is 9.69. The molecule has 0 aromatic carbocycles. The highest BCUT2D eigenvalue weighted by atomic mass is 16.3. The highest BCUT2D eigenvalue weighted by molar-refractivity contribution is 5.95. The van der Waals surface area contributed by atoms with Crippen molar-refractivity contribution in [3.8, 4) is 0 Å². The van der Waals surface area contributed by atoms with E-state index in [-0.39, 0.29) is 5.91 Å². The van der Waals surface area contributed by atoms with E-state index in [9.17, 15) is 9.90 Å². The lowest BCUT2D eigenvalue weighted by Crippen LogP contribution is -2.45. The third kappa shape index (κ3) is 2.11. The summed E-state index contributed by atoms with van der Waals surface area (Å²) in [5.41, 5.74) is 0.00363. The van der Waals surface area contributed by atoms with Crippen LogP contribution in [0.25, 0.3) is 0 Å². The Hall–Kier alpha value is -1.29. The molecule has 0 aliphatic carbocycles. The number of piperidine rings is 1. The van der Waals surface area contributed by atoms with Gasteiger partial charge in [-0.1, -0.05) is 0 Å². The fraction of sp³-hybridized carbons (Fsp3) is 0.583. The van der Waals surface area contributed by atoms with Crippen molar-refractivity contribution in [3.63, 3.8) is 0 Å². The summed E-state index contributed by atoms with van der Waals surface area (Å²) in [5, 5.41) is 9.80. The number of aliphatic hydroxyl groups is 1. The maximum absolute atomic E-state index is 12.1. The number of rotatable bonds is 1. The molecule has 1 fully saturated rings. The maximum Gasteiger partial charge on any atom is 0.257 e. The highest BCUT2D eigenvalue weighted by Gasteiger charge is 2.30. The van der Waals surface area contributed by atoms with Crippen LogP contribution in [0.1, 0.15) is 35.9 Å². The van der Waals surface area contributed by atoms with E-state index < -0.39 is 5.60 Å². The number of furan rings is 1. The van der Waals surface area contributed by atoms with Gasteiger partial charge in [0.05, 0.1) is 17.4 Å². The number of likely N-dealkylation sites (tertiary alicyclic amines) is 1. The summed E-state index contributed by atoms with van der Waals surface area (Å²) < 4.78 is 5.12. The SMILES string of the molecule is Cc1occc1C(=O)N1CCC(C)(O)CC1. The largest absolute Gasteiger partial charge is 0.469 e. The third-order valence-corrected chi connectivity index (χ3v) is 3.22. The molecule has 2 heterocycles. The van der Waals surface area contributed by atoms with Crippen LogP contribution in [0.4, 0.5) is 0 Å². The van der Waals surface area contributed by atoms with Crippen LogP contribution in [-0.4, -0.2) is 34.6 Å². The van der Waals surface area contributed by atoms with E-state index in [2.05, 4.69) is 0 Å². The Bertz CT molecular complexity index is 385. The normalized spacial score (nSPS) is 19.8. The van der Waals surface area contributed by atoms with Crippen molar-refractivity contribution in [2.75, 3.05) is 13.1 Å². The lowest BCUT2D eigenvalue weighted by atomic mass is 9.93. The van der Waals surface area contributed by atoms with Gasteiger partial charge in [0.25, 0.3) is 5.91 Å². The number of nitrogens with zero attached hydrogens (tertiary/aromatic N) is 1. The first-order valence-corrected chi connectivity index (χ1v) is 5.55. The summed E-state index contributed by atoms with van der Waals surface area (Å²) in [4.78, 5) is 13.9. The number of hydrogen-bond donors (Lipinski definition) is 1. The number of carbonyl (C=O) groups is 1. The lowest BCUT2D eigenvalue weighted by Gasteiger charge is -2.35. The average molecular weight is 223 g/mol. The zero-order chi connectivity index (χ0) is 11.8. The molecule has 1 aromatic rings. The van der Waals surface area contributed by atoms with Crippen molar-refractivity contribution in [1.29, 1.82) is 0 Å². The van der Waals surface area contributed by atoms with Gasteiger partial charge in [-0.2, -0.15) is 0 Å². The highest BCUT2D eigenvalue weighted by Crippen LogP contribution is 2.23. The molecule has 88 valence electrons. The topological polar surface area (TPSA) is 53.7 Å². The van der Waals surface area contributed by atoms with Crippen LogP contribution in [-0.2, 0) is 0 Å². The zero-order valence-electron chi connectivity index (χ0n) is 9.69. The van der Waals surface area contributed by atoms with Crippen molar-refractivity contribution in [3.05, 3.63) is 23.7 Å². The summed E-state index contributed by atoms with van der Waals surface area (Å²) in [6, 6.07) is 1.70. The Morgan fingerprint density at radius 1 is 1.50 bits per heavy atom. The number of amides is 1. The van der Waals surface area contributed by atoms with Gasteiger partial charge in [0.15, 0.2) is 0 Å². The quantitative estimate of drug-likeness (QED) is 0.786. The van der Waals surface area contributed by atoms with Gasteiger partial charge in [-0.15, -0.1) is 0 Å². The molecule has 1 N–H and O–H groups in total. The minimum atomic E-state index is -0.623. The Morgan fingerprint density at radius 3 is 2.62 bits per heavy atom. The standard InChI is InChI=1S/C12H17NO3/c1-9-10(3-8-16-9)11(14)13-6-4-12(2,15)5-7-13/h3,8,15H,4-7H2,1-2H3. The van der Waals surface area contributed by atoms with Crippen LogP contribution in [0.5, 0.6) is 0 Å². The Kier molecular flexibility index (Phi) is 2.76. The molecular weight excluding hydrogens is 206 g/mol. The first-order valence-electron chi connectivity index (χ1n) is 5.55. The second-order valence-electron chi connectivity index (χ2n) is 4.68. The van der Waals surface area contributed by atoms with E-state index in [0.29, 0.717) is 37.3 Å². The van der Waals surface area contributed by atoms with Crippen molar-refractivity contribution in [2.45, 2.75) is 32.3 Å². The number of hydrogen-bond acceptors (Lipinski definition) is 3. The van der Waals surface area contributed by atoms with Crippen LogP contribution in [0, 0.1) is 6.92 Å². The van der Waals surface area contributed by atoms with Gasteiger partial charge < -0.3 is 14.4 Å². The molecular formula is C12H17NO3. The van der Waals surface area contributed by atoms with Crippen molar-refractivity contribution in [1.82, 2.24) is 4.90 Å².